The standard InChI is InChI=1S/C14H16F3NO2S/c15-14(16,17)11-3-1-10(2-4-11)12(19)18-9-13(20)5-7-21-8-6-13/h1-4,20H,5-9H2,(H,18,19). The van der Waals surface area contributed by atoms with E-state index in [1.54, 1.807) is 11.8 Å². The molecule has 0 saturated carbocycles. The minimum atomic E-state index is -4.41. The van der Waals surface area contributed by atoms with Gasteiger partial charge in [-0.3, -0.25) is 4.79 Å². The topological polar surface area (TPSA) is 49.3 Å². The molecule has 116 valence electrons. The molecule has 1 amide bonds. The lowest BCUT2D eigenvalue weighted by molar-refractivity contribution is -0.137. The van der Waals surface area contributed by atoms with E-state index in [2.05, 4.69) is 5.32 Å². The number of amides is 1. The van der Waals surface area contributed by atoms with Crippen molar-refractivity contribution < 1.29 is 23.1 Å². The van der Waals surface area contributed by atoms with Gasteiger partial charge < -0.3 is 10.4 Å². The molecule has 1 heterocycles. The van der Waals surface area contributed by atoms with Crippen LogP contribution >= 0.6 is 11.8 Å². The zero-order chi connectivity index (χ0) is 15.5. The third-order valence-corrected chi connectivity index (χ3v) is 4.46. The highest BCUT2D eigenvalue weighted by Crippen LogP contribution is 2.29. The first kappa shape index (κ1) is 16.2. The van der Waals surface area contributed by atoms with Crippen LogP contribution in [-0.4, -0.2) is 34.7 Å². The minimum absolute atomic E-state index is 0.118. The number of aliphatic hydroxyl groups is 1. The third kappa shape index (κ3) is 4.38. The van der Waals surface area contributed by atoms with E-state index in [0.29, 0.717) is 12.8 Å². The first-order valence-corrected chi connectivity index (χ1v) is 7.71. The molecule has 1 aromatic carbocycles. The summed E-state index contributed by atoms with van der Waals surface area (Å²) in [4.78, 5) is 11.9. The summed E-state index contributed by atoms with van der Waals surface area (Å²) in [6.45, 7) is 0.118. The fraction of sp³-hybridized carbons (Fsp3) is 0.500. The number of halogens is 3. The second-order valence-electron chi connectivity index (χ2n) is 5.09. The van der Waals surface area contributed by atoms with Gasteiger partial charge in [-0.1, -0.05) is 0 Å². The van der Waals surface area contributed by atoms with E-state index < -0.39 is 23.2 Å². The van der Waals surface area contributed by atoms with Gasteiger partial charge in [-0.05, 0) is 48.6 Å². The molecule has 0 atom stereocenters. The first-order valence-electron chi connectivity index (χ1n) is 6.56. The molecule has 3 nitrogen and oxygen atoms in total. The summed E-state index contributed by atoms with van der Waals surface area (Å²) in [6, 6.07) is 4.03. The average Bonchev–Trinajstić information content (AvgIpc) is 2.45. The number of thioether (sulfide) groups is 1. The molecular formula is C14H16F3NO2S. The Labute approximate surface area is 124 Å². The van der Waals surface area contributed by atoms with Gasteiger partial charge in [-0.25, -0.2) is 0 Å². The lowest BCUT2D eigenvalue weighted by atomic mass is 9.97. The van der Waals surface area contributed by atoms with Crippen molar-refractivity contribution in [2.45, 2.75) is 24.6 Å². The lowest BCUT2D eigenvalue weighted by Crippen LogP contribution is -2.45. The second-order valence-corrected chi connectivity index (χ2v) is 6.32. The van der Waals surface area contributed by atoms with Crippen LogP contribution in [-0.2, 0) is 6.18 Å². The van der Waals surface area contributed by atoms with Crippen molar-refractivity contribution in [2.75, 3.05) is 18.1 Å². The monoisotopic (exact) mass is 319 g/mol. The predicted octanol–water partition coefficient (Wildman–Crippen LogP) is 2.69. The van der Waals surface area contributed by atoms with Gasteiger partial charge in [0.25, 0.3) is 5.91 Å². The summed E-state index contributed by atoms with van der Waals surface area (Å²) in [5.74, 6) is 1.20. The number of hydrogen-bond donors (Lipinski definition) is 2. The third-order valence-electron chi connectivity index (χ3n) is 3.48. The van der Waals surface area contributed by atoms with Crippen LogP contribution in [0.25, 0.3) is 0 Å². The number of hydrogen-bond acceptors (Lipinski definition) is 3. The molecular weight excluding hydrogens is 303 g/mol. The Bertz CT molecular complexity index is 496. The molecule has 0 spiro atoms. The maximum absolute atomic E-state index is 12.4. The Morgan fingerprint density at radius 3 is 2.33 bits per heavy atom. The first-order chi connectivity index (χ1) is 9.80. The van der Waals surface area contributed by atoms with Crippen LogP contribution in [0.4, 0.5) is 13.2 Å². The molecule has 1 aliphatic heterocycles. The summed E-state index contributed by atoms with van der Waals surface area (Å²) >= 11 is 1.75. The van der Waals surface area contributed by atoms with Gasteiger partial charge in [0.15, 0.2) is 0 Å². The quantitative estimate of drug-likeness (QED) is 0.900. The molecule has 0 aliphatic carbocycles. The van der Waals surface area contributed by atoms with Crippen LogP contribution in [0.5, 0.6) is 0 Å². The van der Waals surface area contributed by atoms with Crippen LogP contribution in [0.15, 0.2) is 24.3 Å². The molecule has 1 fully saturated rings. The fourth-order valence-corrected chi connectivity index (χ4v) is 3.34. The normalized spacial score (nSPS) is 18.3. The number of alkyl halides is 3. The van der Waals surface area contributed by atoms with E-state index in [-0.39, 0.29) is 12.1 Å². The minimum Gasteiger partial charge on any atom is -0.388 e. The molecule has 1 aliphatic rings. The summed E-state index contributed by atoms with van der Waals surface area (Å²) in [7, 11) is 0. The van der Waals surface area contributed by atoms with Gasteiger partial charge in [0.1, 0.15) is 0 Å². The fourth-order valence-electron chi connectivity index (χ4n) is 2.09. The Morgan fingerprint density at radius 2 is 1.81 bits per heavy atom. The van der Waals surface area contributed by atoms with Crippen LogP contribution < -0.4 is 5.32 Å². The summed E-state index contributed by atoms with van der Waals surface area (Å²) in [5.41, 5.74) is -1.55. The van der Waals surface area contributed by atoms with Crippen molar-refractivity contribution in [2.24, 2.45) is 0 Å². The Balaban J connectivity index is 1.94. The highest BCUT2D eigenvalue weighted by atomic mass is 32.2. The number of carbonyl (C=O) groups excluding carboxylic acids is 1. The summed E-state index contributed by atoms with van der Waals surface area (Å²) in [6.07, 6.45) is -3.21. The van der Waals surface area contributed by atoms with Gasteiger partial charge in [0.05, 0.1) is 11.2 Å². The highest BCUT2D eigenvalue weighted by Gasteiger charge is 2.31. The SMILES string of the molecule is O=C(NCC1(O)CCSCC1)c1ccc(C(F)(F)F)cc1. The molecule has 2 N–H and O–H groups in total. The molecule has 1 saturated heterocycles. The molecule has 0 bridgehead atoms. The van der Waals surface area contributed by atoms with E-state index in [1.165, 1.54) is 0 Å². The van der Waals surface area contributed by atoms with Crippen molar-refractivity contribution in [3.63, 3.8) is 0 Å². The second kappa shape index (κ2) is 6.27. The van der Waals surface area contributed by atoms with Crippen molar-refractivity contribution in [3.8, 4) is 0 Å². The van der Waals surface area contributed by atoms with E-state index in [9.17, 15) is 23.1 Å². The van der Waals surface area contributed by atoms with Gasteiger partial charge in [0, 0.05) is 12.1 Å². The maximum atomic E-state index is 12.4. The van der Waals surface area contributed by atoms with E-state index in [4.69, 9.17) is 0 Å². The van der Waals surface area contributed by atoms with E-state index >= 15 is 0 Å². The van der Waals surface area contributed by atoms with Crippen molar-refractivity contribution in [1.82, 2.24) is 5.32 Å². The smallest absolute Gasteiger partial charge is 0.388 e. The van der Waals surface area contributed by atoms with Crippen molar-refractivity contribution in [1.29, 1.82) is 0 Å². The Morgan fingerprint density at radius 1 is 1.24 bits per heavy atom. The summed E-state index contributed by atoms with van der Waals surface area (Å²) in [5, 5.41) is 12.8. The van der Waals surface area contributed by atoms with Gasteiger partial charge in [-0.15, -0.1) is 0 Å². The zero-order valence-corrected chi connectivity index (χ0v) is 12.1. The molecule has 0 radical (unpaired) electrons. The van der Waals surface area contributed by atoms with Gasteiger partial charge >= 0.3 is 6.18 Å². The molecule has 21 heavy (non-hydrogen) atoms. The Kier molecular flexibility index (Phi) is 4.83. The largest absolute Gasteiger partial charge is 0.416 e. The molecule has 7 heteroatoms. The molecule has 1 aromatic rings. The predicted molar refractivity (Wildman–Crippen MR) is 75.3 cm³/mol. The lowest BCUT2D eigenvalue weighted by Gasteiger charge is -2.31. The average molecular weight is 319 g/mol. The van der Waals surface area contributed by atoms with E-state index in [0.717, 1.165) is 35.8 Å². The molecule has 0 unspecified atom stereocenters. The molecule has 0 aromatic heterocycles. The number of benzene rings is 1. The van der Waals surface area contributed by atoms with Gasteiger partial charge in [0.2, 0.25) is 0 Å². The van der Waals surface area contributed by atoms with Crippen LogP contribution in [0.3, 0.4) is 0 Å². The van der Waals surface area contributed by atoms with Crippen molar-refractivity contribution in [3.05, 3.63) is 35.4 Å². The Hall–Kier alpha value is -1.21. The van der Waals surface area contributed by atoms with E-state index in [1.807, 2.05) is 0 Å². The van der Waals surface area contributed by atoms with Gasteiger partial charge in [-0.2, -0.15) is 24.9 Å². The summed E-state index contributed by atoms with van der Waals surface area (Å²) < 4.78 is 37.3. The maximum Gasteiger partial charge on any atom is 0.416 e. The van der Waals surface area contributed by atoms with Crippen LogP contribution in [0, 0.1) is 0 Å². The van der Waals surface area contributed by atoms with Crippen molar-refractivity contribution >= 4 is 17.7 Å². The highest BCUT2D eigenvalue weighted by molar-refractivity contribution is 7.99. The number of nitrogens with one attached hydrogen (secondary N) is 1. The molecule has 2 rings (SSSR count). The number of rotatable bonds is 3. The van der Waals surface area contributed by atoms with Crippen LogP contribution in [0.1, 0.15) is 28.8 Å². The van der Waals surface area contributed by atoms with Crippen LogP contribution in [0.2, 0.25) is 0 Å². The zero-order valence-electron chi connectivity index (χ0n) is 11.2. The number of carbonyl (C=O) groups is 1.